The number of allylic oxidation sites excluding steroid dienone is 2. The SMILES string of the molecule is CCCCCCCCC=CC(C)Cl. The second-order valence-electron chi connectivity index (χ2n) is 3.66. The summed E-state index contributed by atoms with van der Waals surface area (Å²) in [6, 6.07) is 0. The molecule has 0 aliphatic carbocycles. The van der Waals surface area contributed by atoms with E-state index in [-0.39, 0.29) is 5.38 Å². The summed E-state index contributed by atoms with van der Waals surface area (Å²) < 4.78 is 0. The highest BCUT2D eigenvalue weighted by molar-refractivity contribution is 6.21. The van der Waals surface area contributed by atoms with Gasteiger partial charge in [0.25, 0.3) is 0 Å². The molecule has 0 N–H and O–H groups in total. The standard InChI is InChI=1S/C12H23Cl/c1-3-4-5-6-7-8-9-10-11-12(2)13/h10-12H,3-9H2,1-2H3. The van der Waals surface area contributed by atoms with Crippen LogP contribution in [0.4, 0.5) is 0 Å². The van der Waals surface area contributed by atoms with Gasteiger partial charge >= 0.3 is 0 Å². The highest BCUT2D eigenvalue weighted by Crippen LogP contribution is 2.07. The molecule has 0 rings (SSSR count). The Labute approximate surface area is 88.4 Å². The van der Waals surface area contributed by atoms with Gasteiger partial charge in [-0.25, -0.2) is 0 Å². The van der Waals surface area contributed by atoms with E-state index >= 15 is 0 Å². The highest BCUT2D eigenvalue weighted by atomic mass is 35.5. The van der Waals surface area contributed by atoms with E-state index in [1.807, 2.05) is 6.92 Å². The molecule has 0 fully saturated rings. The van der Waals surface area contributed by atoms with Crippen molar-refractivity contribution in [2.24, 2.45) is 0 Å². The van der Waals surface area contributed by atoms with Crippen molar-refractivity contribution in [2.45, 2.75) is 64.2 Å². The van der Waals surface area contributed by atoms with Gasteiger partial charge < -0.3 is 0 Å². The third-order valence-electron chi connectivity index (χ3n) is 2.13. The van der Waals surface area contributed by atoms with Crippen LogP contribution < -0.4 is 0 Å². The van der Waals surface area contributed by atoms with Crippen molar-refractivity contribution in [1.82, 2.24) is 0 Å². The van der Waals surface area contributed by atoms with E-state index in [1.54, 1.807) is 0 Å². The molecule has 0 bridgehead atoms. The molecule has 0 aromatic heterocycles. The van der Waals surface area contributed by atoms with Crippen LogP contribution in [0.3, 0.4) is 0 Å². The summed E-state index contributed by atoms with van der Waals surface area (Å²) in [5, 5.41) is 0.195. The zero-order valence-corrected chi connectivity index (χ0v) is 9.82. The van der Waals surface area contributed by atoms with Crippen molar-refractivity contribution in [3.8, 4) is 0 Å². The second kappa shape index (κ2) is 10.1. The number of alkyl halides is 1. The van der Waals surface area contributed by atoms with E-state index < -0.39 is 0 Å². The first-order valence-electron chi connectivity index (χ1n) is 5.58. The Morgan fingerprint density at radius 3 is 2.31 bits per heavy atom. The van der Waals surface area contributed by atoms with E-state index in [4.69, 9.17) is 11.6 Å². The fraction of sp³-hybridized carbons (Fsp3) is 0.833. The van der Waals surface area contributed by atoms with Crippen molar-refractivity contribution in [2.75, 3.05) is 0 Å². The van der Waals surface area contributed by atoms with Crippen LogP contribution in [-0.2, 0) is 0 Å². The van der Waals surface area contributed by atoms with E-state index in [2.05, 4.69) is 19.1 Å². The summed E-state index contributed by atoms with van der Waals surface area (Å²) in [5.41, 5.74) is 0. The smallest absolute Gasteiger partial charge is 0.0487 e. The van der Waals surface area contributed by atoms with Gasteiger partial charge in [-0.1, -0.05) is 51.2 Å². The minimum Gasteiger partial charge on any atom is -0.119 e. The normalized spacial score (nSPS) is 13.8. The molecule has 0 saturated heterocycles. The predicted octanol–water partition coefficient (Wildman–Crippen LogP) is 4.92. The first-order valence-corrected chi connectivity index (χ1v) is 6.01. The molecule has 0 nitrogen and oxygen atoms in total. The fourth-order valence-corrected chi connectivity index (χ4v) is 1.43. The Hall–Kier alpha value is 0.0300. The minimum atomic E-state index is 0.195. The Balaban J connectivity index is 2.99. The molecule has 0 aromatic rings. The molecule has 0 saturated carbocycles. The number of hydrogen-bond acceptors (Lipinski definition) is 0. The molecule has 1 heteroatoms. The van der Waals surface area contributed by atoms with Crippen LogP contribution in [0.1, 0.15) is 58.8 Å². The molecule has 78 valence electrons. The zero-order chi connectivity index (χ0) is 9.94. The molecule has 0 amide bonds. The molecular weight excluding hydrogens is 180 g/mol. The average Bonchev–Trinajstić information content (AvgIpc) is 2.09. The predicted molar refractivity (Wildman–Crippen MR) is 62.4 cm³/mol. The Kier molecular flexibility index (Phi) is 10.1. The summed E-state index contributed by atoms with van der Waals surface area (Å²) in [6.45, 7) is 4.25. The van der Waals surface area contributed by atoms with Gasteiger partial charge in [0.1, 0.15) is 0 Å². The van der Waals surface area contributed by atoms with Gasteiger partial charge in [0, 0.05) is 5.38 Å². The largest absolute Gasteiger partial charge is 0.119 e. The molecule has 1 unspecified atom stereocenters. The molecule has 0 heterocycles. The summed E-state index contributed by atoms with van der Waals surface area (Å²) in [7, 11) is 0. The first kappa shape index (κ1) is 13.0. The Bertz CT molecular complexity index is 116. The van der Waals surface area contributed by atoms with E-state index in [0.717, 1.165) is 0 Å². The van der Waals surface area contributed by atoms with Gasteiger partial charge in [0.2, 0.25) is 0 Å². The lowest BCUT2D eigenvalue weighted by Crippen LogP contribution is -1.81. The Morgan fingerprint density at radius 2 is 1.69 bits per heavy atom. The van der Waals surface area contributed by atoms with Crippen LogP contribution in [0.15, 0.2) is 12.2 Å². The molecule has 0 aliphatic heterocycles. The number of hydrogen-bond donors (Lipinski definition) is 0. The maximum absolute atomic E-state index is 5.77. The topological polar surface area (TPSA) is 0 Å². The van der Waals surface area contributed by atoms with Gasteiger partial charge in [-0.2, -0.15) is 0 Å². The second-order valence-corrected chi connectivity index (χ2v) is 4.35. The molecular formula is C12H23Cl. The third kappa shape index (κ3) is 12.0. The van der Waals surface area contributed by atoms with Crippen LogP contribution in [0.2, 0.25) is 0 Å². The molecule has 0 aliphatic rings. The fourth-order valence-electron chi connectivity index (χ4n) is 1.33. The Morgan fingerprint density at radius 1 is 1.08 bits per heavy atom. The zero-order valence-electron chi connectivity index (χ0n) is 9.06. The van der Waals surface area contributed by atoms with Crippen LogP contribution >= 0.6 is 11.6 Å². The van der Waals surface area contributed by atoms with Crippen molar-refractivity contribution < 1.29 is 0 Å². The molecule has 0 radical (unpaired) electrons. The van der Waals surface area contributed by atoms with Gasteiger partial charge in [-0.3, -0.25) is 0 Å². The summed E-state index contributed by atoms with van der Waals surface area (Å²) in [6.07, 6.45) is 13.7. The maximum atomic E-state index is 5.77. The van der Waals surface area contributed by atoms with E-state index in [1.165, 1.54) is 44.9 Å². The van der Waals surface area contributed by atoms with Crippen LogP contribution in [0.25, 0.3) is 0 Å². The monoisotopic (exact) mass is 202 g/mol. The maximum Gasteiger partial charge on any atom is 0.0487 e. The quantitative estimate of drug-likeness (QED) is 0.298. The number of unbranched alkanes of at least 4 members (excludes halogenated alkanes) is 6. The van der Waals surface area contributed by atoms with E-state index in [9.17, 15) is 0 Å². The van der Waals surface area contributed by atoms with E-state index in [0.29, 0.717) is 0 Å². The molecule has 1 atom stereocenters. The van der Waals surface area contributed by atoms with Gasteiger partial charge in [-0.15, -0.1) is 11.6 Å². The van der Waals surface area contributed by atoms with Gasteiger partial charge in [0.05, 0.1) is 0 Å². The lowest BCUT2D eigenvalue weighted by atomic mass is 10.1. The average molecular weight is 203 g/mol. The first-order chi connectivity index (χ1) is 6.27. The third-order valence-corrected chi connectivity index (χ3v) is 2.27. The van der Waals surface area contributed by atoms with Crippen molar-refractivity contribution in [3.05, 3.63) is 12.2 Å². The van der Waals surface area contributed by atoms with Gasteiger partial charge in [0.15, 0.2) is 0 Å². The summed E-state index contributed by atoms with van der Waals surface area (Å²) in [5.74, 6) is 0. The minimum absolute atomic E-state index is 0.195. The van der Waals surface area contributed by atoms with Crippen molar-refractivity contribution in [1.29, 1.82) is 0 Å². The van der Waals surface area contributed by atoms with Gasteiger partial charge in [-0.05, 0) is 19.8 Å². The van der Waals surface area contributed by atoms with Crippen LogP contribution in [0, 0.1) is 0 Å². The molecule has 13 heavy (non-hydrogen) atoms. The van der Waals surface area contributed by atoms with Crippen molar-refractivity contribution in [3.63, 3.8) is 0 Å². The van der Waals surface area contributed by atoms with Crippen LogP contribution in [-0.4, -0.2) is 5.38 Å². The van der Waals surface area contributed by atoms with Crippen LogP contribution in [0.5, 0.6) is 0 Å². The summed E-state index contributed by atoms with van der Waals surface area (Å²) >= 11 is 5.77. The molecule has 0 spiro atoms. The summed E-state index contributed by atoms with van der Waals surface area (Å²) in [4.78, 5) is 0. The number of halogens is 1. The lowest BCUT2D eigenvalue weighted by Gasteiger charge is -1.97. The number of rotatable bonds is 8. The lowest BCUT2D eigenvalue weighted by molar-refractivity contribution is 0.611. The van der Waals surface area contributed by atoms with Crippen molar-refractivity contribution >= 4 is 11.6 Å². The highest BCUT2D eigenvalue weighted by Gasteiger charge is 1.89. The molecule has 0 aromatic carbocycles.